The van der Waals surface area contributed by atoms with Gasteiger partial charge in [-0.2, -0.15) is 0 Å². The van der Waals surface area contributed by atoms with Gasteiger partial charge in [-0.3, -0.25) is 0 Å². The summed E-state index contributed by atoms with van der Waals surface area (Å²) in [4.78, 5) is 9.33. The number of rotatable bonds is 4. The normalized spacial score (nSPS) is 11.0. The summed E-state index contributed by atoms with van der Waals surface area (Å²) in [6.07, 6.45) is 0. The van der Waals surface area contributed by atoms with Crippen LogP contribution in [0.5, 0.6) is 0 Å². The molecule has 112 valence electrons. The molecule has 0 unspecified atom stereocenters. The predicted molar refractivity (Wildman–Crippen MR) is 93.2 cm³/mol. The lowest BCUT2D eigenvalue weighted by Crippen LogP contribution is -2.09. The van der Waals surface area contributed by atoms with Crippen molar-refractivity contribution in [2.45, 2.75) is 33.6 Å². The number of benzene rings is 1. The topological polar surface area (TPSA) is 37.8 Å². The number of aromatic nitrogens is 2. The molecule has 0 aliphatic carbocycles. The van der Waals surface area contributed by atoms with Gasteiger partial charge in [0.1, 0.15) is 5.82 Å². The zero-order chi connectivity index (χ0) is 15.6. The maximum Gasteiger partial charge on any atom is 0.163 e. The largest absolute Gasteiger partial charge is 0.370 e. The minimum Gasteiger partial charge on any atom is -0.370 e. The Morgan fingerprint density at radius 3 is 2.57 bits per heavy atom. The van der Waals surface area contributed by atoms with Gasteiger partial charge in [-0.1, -0.05) is 41.4 Å². The minimum atomic E-state index is 0.369. The van der Waals surface area contributed by atoms with E-state index in [0.717, 1.165) is 33.7 Å². The molecule has 1 aromatic heterocycles. The van der Waals surface area contributed by atoms with Crippen LogP contribution in [0.15, 0.2) is 22.7 Å². The van der Waals surface area contributed by atoms with Crippen LogP contribution in [0.2, 0.25) is 5.02 Å². The van der Waals surface area contributed by atoms with Crippen molar-refractivity contribution in [1.82, 2.24) is 9.97 Å². The number of hydrogen-bond acceptors (Lipinski definition) is 3. The van der Waals surface area contributed by atoms with Crippen molar-refractivity contribution < 1.29 is 0 Å². The molecule has 2 rings (SSSR count). The second kappa shape index (κ2) is 6.75. The van der Waals surface area contributed by atoms with Gasteiger partial charge in [0.15, 0.2) is 5.82 Å². The van der Waals surface area contributed by atoms with Gasteiger partial charge in [0.2, 0.25) is 0 Å². The quantitative estimate of drug-likeness (QED) is 0.782. The third kappa shape index (κ3) is 3.55. The van der Waals surface area contributed by atoms with E-state index in [1.165, 1.54) is 0 Å². The molecular formula is C16H19BrClN3. The van der Waals surface area contributed by atoms with Crippen molar-refractivity contribution in [3.8, 4) is 11.4 Å². The average Bonchev–Trinajstić information content (AvgIpc) is 2.37. The molecule has 3 nitrogen and oxygen atoms in total. The molecule has 0 atom stereocenters. The highest BCUT2D eigenvalue weighted by atomic mass is 79.9. The highest BCUT2D eigenvalue weighted by molar-refractivity contribution is 9.10. The molecule has 5 heteroatoms. The van der Waals surface area contributed by atoms with Crippen LogP contribution in [0.4, 0.5) is 5.82 Å². The Morgan fingerprint density at radius 1 is 1.29 bits per heavy atom. The Bertz CT molecular complexity index is 656. The van der Waals surface area contributed by atoms with Gasteiger partial charge in [-0.25, -0.2) is 9.97 Å². The third-order valence-corrected chi connectivity index (χ3v) is 4.04. The van der Waals surface area contributed by atoms with Crippen molar-refractivity contribution in [1.29, 1.82) is 0 Å². The second-order valence-corrected chi connectivity index (χ2v) is 6.53. The van der Waals surface area contributed by atoms with Crippen molar-refractivity contribution in [3.05, 3.63) is 39.0 Å². The number of nitrogens with zero attached hydrogens (tertiary/aromatic N) is 2. The van der Waals surface area contributed by atoms with Crippen molar-refractivity contribution >= 4 is 33.3 Å². The molecule has 0 aliphatic rings. The summed E-state index contributed by atoms with van der Waals surface area (Å²) in [5.74, 6) is 1.92. The molecule has 21 heavy (non-hydrogen) atoms. The zero-order valence-corrected chi connectivity index (χ0v) is 15.0. The van der Waals surface area contributed by atoms with Crippen molar-refractivity contribution in [2.75, 3.05) is 11.9 Å². The maximum atomic E-state index is 6.32. The number of nitrogens with one attached hydrogen (secondary N) is 1. The Labute approximate surface area is 139 Å². The Kier molecular flexibility index (Phi) is 5.22. The van der Waals surface area contributed by atoms with Crippen molar-refractivity contribution in [2.24, 2.45) is 0 Å². The summed E-state index contributed by atoms with van der Waals surface area (Å²) in [7, 11) is 0. The first kappa shape index (κ1) is 16.2. The van der Waals surface area contributed by atoms with E-state index in [0.29, 0.717) is 16.8 Å². The Morgan fingerprint density at radius 2 is 2.00 bits per heavy atom. The fourth-order valence-corrected chi connectivity index (χ4v) is 3.12. The fourth-order valence-electron chi connectivity index (χ4n) is 2.37. The van der Waals surface area contributed by atoms with Gasteiger partial charge in [0.25, 0.3) is 0 Å². The van der Waals surface area contributed by atoms with E-state index in [2.05, 4.69) is 52.0 Å². The molecule has 1 heterocycles. The standard InChI is InChI=1S/C16H19BrClN3/c1-5-19-16-14(9(2)3)10(4)20-15(21-16)12-7-6-11(17)8-13(12)18/h6-9H,5H2,1-4H3,(H,19,20,21). The highest BCUT2D eigenvalue weighted by Gasteiger charge is 2.16. The third-order valence-electron chi connectivity index (χ3n) is 3.23. The van der Waals surface area contributed by atoms with Crippen LogP contribution in [0.25, 0.3) is 11.4 Å². The lowest BCUT2D eigenvalue weighted by Gasteiger charge is -2.17. The monoisotopic (exact) mass is 367 g/mol. The molecule has 0 fully saturated rings. The average molecular weight is 369 g/mol. The summed E-state index contributed by atoms with van der Waals surface area (Å²) in [6.45, 7) is 9.21. The number of hydrogen-bond donors (Lipinski definition) is 1. The molecule has 2 aromatic rings. The van der Waals surface area contributed by atoms with E-state index in [-0.39, 0.29) is 0 Å². The first-order chi connectivity index (χ1) is 9.93. The van der Waals surface area contributed by atoms with Crippen LogP contribution < -0.4 is 5.32 Å². The molecule has 0 bridgehead atoms. The molecule has 0 radical (unpaired) electrons. The Hall–Kier alpha value is -1.13. The summed E-state index contributed by atoms with van der Waals surface area (Å²) in [6, 6.07) is 5.74. The summed E-state index contributed by atoms with van der Waals surface area (Å²) in [5.41, 5.74) is 3.00. The van der Waals surface area contributed by atoms with E-state index in [1.54, 1.807) is 0 Å². The predicted octanol–water partition coefficient (Wildman–Crippen LogP) is 5.42. The van der Waals surface area contributed by atoms with E-state index < -0.39 is 0 Å². The van der Waals surface area contributed by atoms with Crippen LogP contribution >= 0.6 is 27.5 Å². The lowest BCUT2D eigenvalue weighted by molar-refractivity contribution is 0.831. The highest BCUT2D eigenvalue weighted by Crippen LogP contribution is 2.32. The molecule has 0 saturated carbocycles. The van der Waals surface area contributed by atoms with Gasteiger partial charge >= 0.3 is 0 Å². The molecule has 0 spiro atoms. The first-order valence-corrected chi connectivity index (χ1v) is 8.19. The molecule has 1 aromatic carbocycles. The van der Waals surface area contributed by atoms with Gasteiger partial charge in [0.05, 0.1) is 5.02 Å². The molecule has 0 aliphatic heterocycles. The molecule has 0 saturated heterocycles. The van der Waals surface area contributed by atoms with Crippen LogP contribution in [0.3, 0.4) is 0 Å². The maximum absolute atomic E-state index is 6.32. The summed E-state index contributed by atoms with van der Waals surface area (Å²) >= 11 is 9.73. The number of halogens is 2. The SMILES string of the molecule is CCNc1nc(-c2ccc(Br)cc2Cl)nc(C)c1C(C)C. The van der Waals surface area contributed by atoms with E-state index in [1.807, 2.05) is 25.1 Å². The molecule has 1 N–H and O–H groups in total. The number of anilines is 1. The lowest BCUT2D eigenvalue weighted by atomic mass is 10.0. The molecular weight excluding hydrogens is 350 g/mol. The summed E-state index contributed by atoms with van der Waals surface area (Å²) in [5, 5.41) is 3.98. The van der Waals surface area contributed by atoms with E-state index in [9.17, 15) is 0 Å². The van der Waals surface area contributed by atoms with Crippen LogP contribution in [-0.4, -0.2) is 16.5 Å². The summed E-state index contributed by atoms with van der Waals surface area (Å²) < 4.78 is 0.943. The van der Waals surface area contributed by atoms with Crippen LogP contribution in [0, 0.1) is 6.92 Å². The number of aryl methyl sites for hydroxylation is 1. The Balaban J connectivity index is 2.60. The van der Waals surface area contributed by atoms with Gasteiger partial charge in [-0.05, 0) is 38.0 Å². The molecule has 0 amide bonds. The van der Waals surface area contributed by atoms with Crippen LogP contribution in [-0.2, 0) is 0 Å². The smallest absolute Gasteiger partial charge is 0.163 e. The van der Waals surface area contributed by atoms with Crippen molar-refractivity contribution in [3.63, 3.8) is 0 Å². The zero-order valence-electron chi connectivity index (χ0n) is 12.7. The van der Waals surface area contributed by atoms with Crippen LogP contribution in [0.1, 0.15) is 37.9 Å². The van der Waals surface area contributed by atoms with E-state index in [4.69, 9.17) is 11.6 Å². The van der Waals surface area contributed by atoms with E-state index >= 15 is 0 Å². The first-order valence-electron chi connectivity index (χ1n) is 7.01. The van der Waals surface area contributed by atoms with Gasteiger partial charge in [-0.15, -0.1) is 0 Å². The fraction of sp³-hybridized carbons (Fsp3) is 0.375. The minimum absolute atomic E-state index is 0.369. The second-order valence-electron chi connectivity index (χ2n) is 5.20. The van der Waals surface area contributed by atoms with Gasteiger partial charge < -0.3 is 5.32 Å². The van der Waals surface area contributed by atoms with Gasteiger partial charge in [0, 0.05) is 27.8 Å².